The van der Waals surface area contributed by atoms with Crippen LogP contribution in [0.5, 0.6) is 17.4 Å². The third-order valence-electron chi connectivity index (χ3n) is 4.62. The van der Waals surface area contributed by atoms with Crippen LogP contribution in [0.25, 0.3) is 5.82 Å². The number of anilines is 1. The van der Waals surface area contributed by atoms with Gasteiger partial charge in [0, 0.05) is 17.4 Å². The zero-order valence-electron chi connectivity index (χ0n) is 18.0. The first kappa shape index (κ1) is 22.6. The minimum atomic E-state index is -3.83. The number of hydrogen-bond acceptors (Lipinski definition) is 7. The van der Waals surface area contributed by atoms with Crippen LogP contribution >= 0.6 is 11.6 Å². The van der Waals surface area contributed by atoms with Crippen molar-refractivity contribution in [1.29, 1.82) is 0 Å². The van der Waals surface area contributed by atoms with Crippen LogP contribution < -0.4 is 14.2 Å². The molecular formula is C22H20ClN5O4S. The molecule has 33 heavy (non-hydrogen) atoms. The van der Waals surface area contributed by atoms with Crippen molar-refractivity contribution >= 4 is 27.3 Å². The Morgan fingerprint density at radius 1 is 0.970 bits per heavy atom. The Labute approximate surface area is 196 Å². The molecule has 2 heterocycles. The predicted molar refractivity (Wildman–Crippen MR) is 124 cm³/mol. The quantitative estimate of drug-likeness (QED) is 0.409. The highest BCUT2D eigenvalue weighted by Crippen LogP contribution is 2.28. The van der Waals surface area contributed by atoms with Gasteiger partial charge in [-0.3, -0.25) is 4.72 Å². The molecule has 4 rings (SSSR count). The molecule has 0 bridgehead atoms. The first-order valence-electron chi connectivity index (χ1n) is 9.77. The lowest BCUT2D eigenvalue weighted by Gasteiger charge is -2.11. The average molecular weight is 486 g/mol. The Bertz CT molecular complexity index is 1390. The number of halogens is 1. The summed E-state index contributed by atoms with van der Waals surface area (Å²) < 4.78 is 40.2. The first-order chi connectivity index (χ1) is 15.7. The van der Waals surface area contributed by atoms with Crippen LogP contribution in [0.1, 0.15) is 11.4 Å². The largest absolute Gasteiger partial charge is 0.495 e. The van der Waals surface area contributed by atoms with Gasteiger partial charge in [0.1, 0.15) is 11.5 Å². The first-order valence-corrected chi connectivity index (χ1v) is 11.6. The normalized spacial score (nSPS) is 11.3. The fourth-order valence-electron chi connectivity index (χ4n) is 3.08. The maximum atomic E-state index is 12.6. The van der Waals surface area contributed by atoms with Crippen molar-refractivity contribution in [2.45, 2.75) is 18.7 Å². The van der Waals surface area contributed by atoms with Crippen molar-refractivity contribution in [1.82, 2.24) is 20.0 Å². The molecule has 0 aliphatic rings. The molecule has 2 aromatic heterocycles. The van der Waals surface area contributed by atoms with E-state index in [4.69, 9.17) is 21.1 Å². The number of methoxy groups -OCH3 is 1. The molecule has 9 nitrogen and oxygen atoms in total. The lowest BCUT2D eigenvalue weighted by Crippen LogP contribution is -2.12. The molecular weight excluding hydrogens is 466 g/mol. The molecule has 2 aromatic carbocycles. The zero-order valence-corrected chi connectivity index (χ0v) is 19.6. The number of aromatic nitrogens is 4. The molecule has 0 spiro atoms. The van der Waals surface area contributed by atoms with Crippen molar-refractivity contribution < 1.29 is 17.9 Å². The Morgan fingerprint density at radius 3 is 2.30 bits per heavy atom. The van der Waals surface area contributed by atoms with E-state index in [2.05, 4.69) is 20.0 Å². The van der Waals surface area contributed by atoms with Gasteiger partial charge in [0.15, 0.2) is 5.82 Å². The molecule has 1 N–H and O–H groups in total. The van der Waals surface area contributed by atoms with Crippen LogP contribution in [-0.4, -0.2) is 35.5 Å². The van der Waals surface area contributed by atoms with Crippen LogP contribution in [-0.2, 0) is 10.0 Å². The number of nitrogens with one attached hydrogen (secondary N) is 1. The van der Waals surface area contributed by atoms with E-state index in [0.29, 0.717) is 28.9 Å². The van der Waals surface area contributed by atoms with Gasteiger partial charge >= 0.3 is 0 Å². The van der Waals surface area contributed by atoms with Crippen molar-refractivity contribution in [3.63, 3.8) is 0 Å². The van der Waals surface area contributed by atoms with Crippen molar-refractivity contribution in [2.75, 3.05) is 11.8 Å². The van der Waals surface area contributed by atoms with Crippen molar-refractivity contribution in [3.8, 4) is 23.2 Å². The van der Waals surface area contributed by atoms with E-state index in [9.17, 15) is 8.42 Å². The van der Waals surface area contributed by atoms with Crippen LogP contribution in [0.4, 0.5) is 5.69 Å². The minimum Gasteiger partial charge on any atom is -0.495 e. The summed E-state index contributed by atoms with van der Waals surface area (Å²) >= 11 is 6.04. The Balaban J connectivity index is 1.44. The highest BCUT2D eigenvalue weighted by molar-refractivity contribution is 7.92. The molecule has 0 amide bonds. The molecule has 4 aromatic rings. The monoisotopic (exact) mass is 485 g/mol. The molecule has 0 unspecified atom stereocenters. The van der Waals surface area contributed by atoms with Gasteiger partial charge in [-0.05, 0) is 68.4 Å². The molecule has 0 radical (unpaired) electrons. The Kier molecular flexibility index (Phi) is 6.21. The second-order valence-electron chi connectivity index (χ2n) is 7.10. The van der Waals surface area contributed by atoms with Crippen LogP contribution in [0.15, 0.2) is 65.6 Å². The van der Waals surface area contributed by atoms with Gasteiger partial charge in [-0.25, -0.2) is 13.1 Å². The summed E-state index contributed by atoms with van der Waals surface area (Å²) in [5.41, 5.74) is 2.20. The second-order valence-corrected chi connectivity index (χ2v) is 9.19. The van der Waals surface area contributed by atoms with Gasteiger partial charge in [-0.2, -0.15) is 5.10 Å². The van der Waals surface area contributed by atoms with E-state index in [1.807, 2.05) is 19.9 Å². The standard InChI is InChI=1S/C22H20ClN5O4S/c1-14-12-15(2)28(26-14)21-10-11-22(25-24-21)32-17-6-4-16(5-7-17)27-33(29,30)18-8-9-20(31-3)19(23)13-18/h4-13,27H,1-3H3. The molecule has 0 aliphatic carbocycles. The highest BCUT2D eigenvalue weighted by Gasteiger charge is 2.16. The number of aryl methyl sites for hydroxylation is 2. The van der Waals surface area contributed by atoms with Crippen molar-refractivity contribution in [3.05, 3.63) is 77.1 Å². The van der Waals surface area contributed by atoms with Gasteiger partial charge in [-0.1, -0.05) is 11.6 Å². The van der Waals surface area contributed by atoms with Crippen LogP contribution in [0.2, 0.25) is 5.02 Å². The summed E-state index contributed by atoms with van der Waals surface area (Å²) in [6.45, 7) is 3.84. The number of hydrogen-bond donors (Lipinski definition) is 1. The average Bonchev–Trinajstić information content (AvgIpc) is 3.13. The number of rotatable bonds is 7. The van der Waals surface area contributed by atoms with Gasteiger partial charge in [0.2, 0.25) is 5.88 Å². The van der Waals surface area contributed by atoms with Crippen molar-refractivity contribution in [2.24, 2.45) is 0 Å². The van der Waals surface area contributed by atoms with Gasteiger partial charge in [-0.15, -0.1) is 10.2 Å². The van der Waals surface area contributed by atoms with E-state index >= 15 is 0 Å². The molecule has 0 aliphatic heterocycles. The van der Waals surface area contributed by atoms with E-state index in [1.165, 1.54) is 25.3 Å². The lowest BCUT2D eigenvalue weighted by molar-refractivity contribution is 0.414. The number of benzene rings is 2. The fourth-order valence-corrected chi connectivity index (χ4v) is 4.49. The summed E-state index contributed by atoms with van der Waals surface area (Å²) in [5, 5.41) is 12.8. The Hall–Kier alpha value is -3.63. The zero-order chi connectivity index (χ0) is 23.6. The van der Waals surface area contributed by atoms with E-state index in [0.717, 1.165) is 11.4 Å². The fraction of sp³-hybridized carbons (Fsp3) is 0.136. The van der Waals surface area contributed by atoms with E-state index in [1.54, 1.807) is 41.1 Å². The third kappa shape index (κ3) is 5.07. The van der Waals surface area contributed by atoms with Gasteiger partial charge < -0.3 is 9.47 Å². The topological polar surface area (TPSA) is 108 Å². The highest BCUT2D eigenvalue weighted by atomic mass is 35.5. The van der Waals surface area contributed by atoms with E-state index < -0.39 is 10.0 Å². The summed E-state index contributed by atoms with van der Waals surface area (Å²) in [4.78, 5) is 0.0200. The maximum absolute atomic E-state index is 12.6. The van der Waals surface area contributed by atoms with Gasteiger partial charge in [0.25, 0.3) is 10.0 Å². The smallest absolute Gasteiger partial charge is 0.261 e. The molecule has 170 valence electrons. The molecule has 0 saturated heterocycles. The summed E-state index contributed by atoms with van der Waals surface area (Å²) in [6, 6.07) is 16.0. The second kappa shape index (κ2) is 9.08. The van der Waals surface area contributed by atoms with Crippen LogP contribution in [0.3, 0.4) is 0 Å². The number of sulfonamides is 1. The SMILES string of the molecule is COc1ccc(S(=O)(=O)Nc2ccc(Oc3ccc(-n4nc(C)cc4C)nn3)cc2)cc1Cl. The molecule has 0 saturated carbocycles. The third-order valence-corrected chi connectivity index (χ3v) is 6.29. The lowest BCUT2D eigenvalue weighted by atomic mass is 10.3. The minimum absolute atomic E-state index is 0.0200. The number of nitrogens with zero attached hydrogens (tertiary/aromatic N) is 4. The van der Waals surface area contributed by atoms with E-state index in [-0.39, 0.29) is 9.92 Å². The number of ether oxygens (including phenoxy) is 2. The maximum Gasteiger partial charge on any atom is 0.261 e. The predicted octanol–water partition coefficient (Wildman–Crippen LogP) is 4.53. The molecule has 0 fully saturated rings. The molecule has 0 atom stereocenters. The summed E-state index contributed by atoms with van der Waals surface area (Å²) in [6.07, 6.45) is 0. The molecule has 11 heteroatoms. The summed E-state index contributed by atoms with van der Waals surface area (Å²) in [5.74, 6) is 1.74. The van der Waals surface area contributed by atoms with Gasteiger partial charge in [0.05, 0.1) is 22.7 Å². The summed E-state index contributed by atoms with van der Waals surface area (Å²) in [7, 11) is -2.37. The van der Waals surface area contributed by atoms with Crippen LogP contribution in [0, 0.1) is 13.8 Å². The Morgan fingerprint density at radius 2 is 1.73 bits per heavy atom.